The van der Waals surface area contributed by atoms with Crippen molar-refractivity contribution in [1.82, 2.24) is 15.5 Å². The quantitative estimate of drug-likeness (QED) is 0.396. The van der Waals surface area contributed by atoms with E-state index in [1.54, 1.807) is 19.1 Å². The molecule has 0 amide bonds. The minimum absolute atomic E-state index is 0.256. The van der Waals surface area contributed by atoms with Gasteiger partial charge < -0.3 is 24.6 Å². The van der Waals surface area contributed by atoms with Crippen molar-refractivity contribution < 1.29 is 18.8 Å². The zero-order valence-corrected chi connectivity index (χ0v) is 18.4. The molecule has 0 aliphatic heterocycles. The van der Waals surface area contributed by atoms with E-state index in [1.165, 1.54) is 0 Å². The maximum absolute atomic E-state index is 11.9. The fraction of sp³-hybridized carbons (Fsp3) is 0.273. The normalized spacial score (nSPS) is 10.4. The second-order valence-electron chi connectivity index (χ2n) is 6.53. The van der Waals surface area contributed by atoms with Gasteiger partial charge >= 0.3 is 5.97 Å². The van der Waals surface area contributed by atoms with Crippen LogP contribution in [0.2, 0.25) is 0 Å². The van der Waals surface area contributed by atoms with E-state index in [4.69, 9.17) is 26.2 Å². The number of hydrogen-bond acceptors (Lipinski definition) is 7. The van der Waals surface area contributed by atoms with Crippen LogP contribution in [0.1, 0.15) is 35.7 Å². The van der Waals surface area contributed by atoms with Gasteiger partial charge in [-0.25, -0.2) is 4.79 Å². The van der Waals surface area contributed by atoms with Gasteiger partial charge in [-0.2, -0.15) is 4.98 Å². The smallest absolute Gasteiger partial charge is 0.338 e. The number of carbonyl (C=O) groups is 1. The molecule has 0 unspecified atom stereocenters. The fourth-order valence-corrected chi connectivity index (χ4v) is 2.91. The van der Waals surface area contributed by atoms with E-state index in [2.05, 4.69) is 20.8 Å². The molecular formula is C22H24N4O4S. The third-order valence-corrected chi connectivity index (χ3v) is 4.54. The third-order valence-electron chi connectivity index (χ3n) is 4.29. The van der Waals surface area contributed by atoms with E-state index in [0.717, 1.165) is 16.9 Å². The van der Waals surface area contributed by atoms with E-state index in [-0.39, 0.29) is 12.5 Å². The first-order chi connectivity index (χ1) is 15.0. The van der Waals surface area contributed by atoms with Crippen LogP contribution < -0.4 is 15.4 Å². The van der Waals surface area contributed by atoms with Crippen molar-refractivity contribution in [2.75, 3.05) is 18.5 Å². The number of nitrogens with one attached hydrogen (secondary N) is 2. The van der Waals surface area contributed by atoms with Crippen LogP contribution >= 0.6 is 12.2 Å². The molecule has 2 N–H and O–H groups in total. The Morgan fingerprint density at radius 3 is 2.61 bits per heavy atom. The van der Waals surface area contributed by atoms with Crippen LogP contribution in [0.4, 0.5) is 5.69 Å². The average molecular weight is 441 g/mol. The monoisotopic (exact) mass is 440 g/mol. The minimum atomic E-state index is -0.378. The highest BCUT2D eigenvalue weighted by atomic mass is 32.1. The first kappa shape index (κ1) is 22.2. The van der Waals surface area contributed by atoms with Gasteiger partial charge in [0.25, 0.3) is 0 Å². The first-order valence-electron chi connectivity index (χ1n) is 9.88. The van der Waals surface area contributed by atoms with Gasteiger partial charge in [-0.15, -0.1) is 0 Å². The molecule has 0 radical (unpaired) electrons. The Hall–Kier alpha value is -3.46. The molecule has 0 bridgehead atoms. The predicted molar refractivity (Wildman–Crippen MR) is 121 cm³/mol. The standard InChI is InChI=1S/C22H24N4O4S/c1-4-28-17-10-8-15(9-11-17)20-25-19(30-26-20)13-23-22(31)24-18-12-16(7-6-14(18)3)21(27)29-5-2/h6-12H,4-5,13H2,1-3H3,(H2,23,24,31). The number of anilines is 1. The van der Waals surface area contributed by atoms with E-state index in [0.29, 0.717) is 41.3 Å². The summed E-state index contributed by atoms with van der Waals surface area (Å²) in [5.74, 6) is 1.29. The molecule has 3 rings (SSSR count). The van der Waals surface area contributed by atoms with Gasteiger partial charge in [0.05, 0.1) is 25.3 Å². The third kappa shape index (κ3) is 6.02. The Balaban J connectivity index is 1.58. The van der Waals surface area contributed by atoms with Gasteiger partial charge in [-0.3, -0.25) is 0 Å². The van der Waals surface area contributed by atoms with Crippen LogP contribution in [0.3, 0.4) is 0 Å². The number of aromatic nitrogens is 2. The van der Waals surface area contributed by atoms with Crippen LogP contribution in [-0.4, -0.2) is 34.4 Å². The molecule has 8 nitrogen and oxygen atoms in total. The zero-order valence-electron chi connectivity index (χ0n) is 17.6. The van der Waals surface area contributed by atoms with Gasteiger partial charge in [0.15, 0.2) is 5.11 Å². The summed E-state index contributed by atoms with van der Waals surface area (Å²) >= 11 is 5.35. The van der Waals surface area contributed by atoms with Crippen molar-refractivity contribution in [2.45, 2.75) is 27.3 Å². The number of thiocarbonyl (C=S) groups is 1. The lowest BCUT2D eigenvalue weighted by atomic mass is 10.1. The minimum Gasteiger partial charge on any atom is -0.494 e. The summed E-state index contributed by atoms with van der Waals surface area (Å²) in [6.07, 6.45) is 0. The molecule has 1 heterocycles. The number of ether oxygens (including phenoxy) is 2. The lowest BCUT2D eigenvalue weighted by Gasteiger charge is -2.12. The Bertz CT molecular complexity index is 1050. The Labute approximate surface area is 185 Å². The van der Waals surface area contributed by atoms with Crippen molar-refractivity contribution in [3.05, 3.63) is 59.5 Å². The van der Waals surface area contributed by atoms with Crippen molar-refractivity contribution in [1.29, 1.82) is 0 Å². The molecule has 1 aromatic heterocycles. The lowest BCUT2D eigenvalue weighted by molar-refractivity contribution is 0.0526. The van der Waals surface area contributed by atoms with Gasteiger partial charge in [0, 0.05) is 11.3 Å². The molecule has 3 aromatic rings. The highest BCUT2D eigenvalue weighted by Gasteiger charge is 2.12. The van der Waals surface area contributed by atoms with Crippen LogP contribution in [-0.2, 0) is 11.3 Å². The molecule has 31 heavy (non-hydrogen) atoms. The number of rotatable bonds is 8. The molecule has 0 fully saturated rings. The summed E-state index contributed by atoms with van der Waals surface area (Å²) in [6, 6.07) is 12.7. The fourth-order valence-electron chi connectivity index (χ4n) is 2.73. The highest BCUT2D eigenvalue weighted by Crippen LogP contribution is 2.20. The molecule has 0 atom stereocenters. The van der Waals surface area contributed by atoms with Crippen LogP contribution in [0.5, 0.6) is 5.75 Å². The maximum Gasteiger partial charge on any atom is 0.338 e. The Morgan fingerprint density at radius 1 is 1.13 bits per heavy atom. The maximum atomic E-state index is 11.9. The van der Waals surface area contributed by atoms with E-state index in [9.17, 15) is 4.79 Å². The first-order valence-corrected chi connectivity index (χ1v) is 10.3. The number of benzene rings is 2. The van der Waals surface area contributed by atoms with Crippen LogP contribution in [0.15, 0.2) is 47.0 Å². The van der Waals surface area contributed by atoms with Crippen LogP contribution in [0.25, 0.3) is 11.4 Å². The second-order valence-corrected chi connectivity index (χ2v) is 6.94. The molecule has 2 aromatic carbocycles. The lowest BCUT2D eigenvalue weighted by Crippen LogP contribution is -2.28. The SMILES string of the molecule is CCOC(=O)c1ccc(C)c(NC(=S)NCc2nc(-c3ccc(OCC)cc3)no2)c1. The van der Waals surface area contributed by atoms with Crippen molar-refractivity contribution in [3.8, 4) is 17.1 Å². The summed E-state index contributed by atoms with van der Waals surface area (Å²) in [5.41, 5.74) is 2.93. The average Bonchev–Trinajstić information content (AvgIpc) is 3.24. The predicted octanol–water partition coefficient (Wildman–Crippen LogP) is 4.11. The van der Waals surface area contributed by atoms with Gasteiger partial charge in [-0.1, -0.05) is 11.2 Å². The molecule has 162 valence electrons. The second kappa shape index (κ2) is 10.5. The largest absolute Gasteiger partial charge is 0.494 e. The molecule has 0 saturated carbocycles. The topological polar surface area (TPSA) is 98.5 Å². The number of nitrogens with zero attached hydrogens (tertiary/aromatic N) is 2. The molecular weight excluding hydrogens is 416 g/mol. The number of carbonyl (C=O) groups excluding carboxylic acids is 1. The van der Waals surface area contributed by atoms with Crippen molar-refractivity contribution >= 4 is 29.0 Å². The van der Waals surface area contributed by atoms with E-state index < -0.39 is 0 Å². The van der Waals surface area contributed by atoms with Crippen molar-refractivity contribution in [3.63, 3.8) is 0 Å². The summed E-state index contributed by atoms with van der Waals surface area (Å²) in [6.45, 7) is 6.80. The van der Waals surface area contributed by atoms with E-state index >= 15 is 0 Å². The molecule has 9 heteroatoms. The molecule has 0 spiro atoms. The number of aryl methyl sites for hydroxylation is 1. The number of esters is 1. The van der Waals surface area contributed by atoms with Crippen molar-refractivity contribution in [2.24, 2.45) is 0 Å². The van der Waals surface area contributed by atoms with Gasteiger partial charge in [0.2, 0.25) is 11.7 Å². The number of hydrogen-bond donors (Lipinski definition) is 2. The summed E-state index contributed by atoms with van der Waals surface area (Å²) in [4.78, 5) is 16.3. The van der Waals surface area contributed by atoms with Gasteiger partial charge in [-0.05, 0) is 75.0 Å². The zero-order chi connectivity index (χ0) is 22.2. The Morgan fingerprint density at radius 2 is 1.90 bits per heavy atom. The molecule has 0 aliphatic rings. The summed E-state index contributed by atoms with van der Waals surface area (Å²) in [5, 5.41) is 10.5. The summed E-state index contributed by atoms with van der Waals surface area (Å²) in [7, 11) is 0. The Kier molecular flexibility index (Phi) is 7.55. The molecule has 0 saturated heterocycles. The highest BCUT2D eigenvalue weighted by molar-refractivity contribution is 7.80. The molecule has 0 aliphatic carbocycles. The van der Waals surface area contributed by atoms with Crippen LogP contribution in [0, 0.1) is 6.92 Å². The summed E-state index contributed by atoms with van der Waals surface area (Å²) < 4.78 is 15.8. The van der Waals surface area contributed by atoms with E-state index in [1.807, 2.05) is 44.2 Å². The van der Waals surface area contributed by atoms with Gasteiger partial charge in [0.1, 0.15) is 5.75 Å².